The normalized spacial score (nSPS) is 18.8. The SMILES string of the molecule is CN(Cc1cnn(C)c1)C[C@H]1CCCN(CCc2ccccc2F)C1. The van der Waals surface area contributed by atoms with Gasteiger partial charge in [-0.25, -0.2) is 4.39 Å². The van der Waals surface area contributed by atoms with Crippen molar-refractivity contribution in [3.63, 3.8) is 0 Å². The number of nitrogens with zero attached hydrogens (tertiary/aromatic N) is 4. The molecule has 1 aromatic heterocycles. The van der Waals surface area contributed by atoms with E-state index in [-0.39, 0.29) is 5.82 Å². The molecule has 0 radical (unpaired) electrons. The Hall–Kier alpha value is -1.72. The van der Waals surface area contributed by atoms with Crippen molar-refractivity contribution < 1.29 is 4.39 Å². The topological polar surface area (TPSA) is 24.3 Å². The minimum atomic E-state index is -0.0766. The first kappa shape index (κ1) is 18.1. The van der Waals surface area contributed by atoms with E-state index in [4.69, 9.17) is 0 Å². The minimum Gasteiger partial charge on any atom is -0.303 e. The molecule has 0 saturated carbocycles. The van der Waals surface area contributed by atoms with E-state index in [0.29, 0.717) is 5.92 Å². The molecule has 1 fully saturated rings. The fourth-order valence-electron chi connectivity index (χ4n) is 3.85. The van der Waals surface area contributed by atoms with Crippen LogP contribution in [0.1, 0.15) is 24.0 Å². The van der Waals surface area contributed by atoms with Gasteiger partial charge in [0, 0.05) is 45.0 Å². The Morgan fingerprint density at radius 1 is 1.32 bits per heavy atom. The van der Waals surface area contributed by atoms with Gasteiger partial charge in [0.25, 0.3) is 0 Å². The van der Waals surface area contributed by atoms with Gasteiger partial charge in [-0.1, -0.05) is 18.2 Å². The third kappa shape index (κ3) is 5.38. The second-order valence-electron chi connectivity index (χ2n) is 7.37. The van der Waals surface area contributed by atoms with Gasteiger partial charge in [0.2, 0.25) is 0 Å². The summed E-state index contributed by atoms with van der Waals surface area (Å²) in [5, 5.41) is 4.24. The third-order valence-corrected chi connectivity index (χ3v) is 5.04. The van der Waals surface area contributed by atoms with Gasteiger partial charge >= 0.3 is 0 Å². The molecule has 25 heavy (non-hydrogen) atoms. The Labute approximate surface area is 150 Å². The molecule has 0 amide bonds. The number of halogens is 1. The molecule has 4 nitrogen and oxygen atoms in total. The number of aromatic nitrogens is 2. The first-order valence-corrected chi connectivity index (χ1v) is 9.22. The van der Waals surface area contributed by atoms with E-state index >= 15 is 0 Å². The highest BCUT2D eigenvalue weighted by Crippen LogP contribution is 2.19. The zero-order chi connectivity index (χ0) is 17.6. The maximum absolute atomic E-state index is 13.8. The van der Waals surface area contributed by atoms with E-state index in [1.807, 2.05) is 30.1 Å². The molecule has 1 aliphatic rings. The number of rotatable bonds is 7. The van der Waals surface area contributed by atoms with Gasteiger partial charge in [0.15, 0.2) is 0 Å². The summed E-state index contributed by atoms with van der Waals surface area (Å²) in [4.78, 5) is 4.89. The summed E-state index contributed by atoms with van der Waals surface area (Å²) in [6, 6.07) is 7.14. The summed E-state index contributed by atoms with van der Waals surface area (Å²) in [6.45, 7) is 5.25. The quantitative estimate of drug-likeness (QED) is 0.772. The van der Waals surface area contributed by atoms with E-state index in [0.717, 1.165) is 44.7 Å². The Balaban J connectivity index is 1.45. The van der Waals surface area contributed by atoms with Crippen LogP contribution in [-0.2, 0) is 20.0 Å². The van der Waals surface area contributed by atoms with E-state index in [2.05, 4.69) is 28.1 Å². The standard InChI is InChI=1S/C20H29FN4/c1-23(14-18-12-22-24(2)15-18)13-17-6-5-10-25(16-17)11-9-19-7-3-4-8-20(19)21/h3-4,7-8,12,15,17H,5-6,9-11,13-14,16H2,1-2H3/t17-/m1/s1. The van der Waals surface area contributed by atoms with Gasteiger partial charge in [0.05, 0.1) is 6.20 Å². The monoisotopic (exact) mass is 344 g/mol. The third-order valence-electron chi connectivity index (χ3n) is 5.04. The molecular weight excluding hydrogens is 315 g/mol. The minimum absolute atomic E-state index is 0.0766. The van der Waals surface area contributed by atoms with Crippen LogP contribution in [0.2, 0.25) is 0 Å². The molecular formula is C20H29FN4. The van der Waals surface area contributed by atoms with Gasteiger partial charge in [-0.3, -0.25) is 4.68 Å². The number of hydrogen-bond donors (Lipinski definition) is 0. The van der Waals surface area contributed by atoms with Crippen molar-refractivity contribution >= 4 is 0 Å². The Morgan fingerprint density at radius 2 is 2.16 bits per heavy atom. The summed E-state index contributed by atoms with van der Waals surface area (Å²) in [5.74, 6) is 0.614. The van der Waals surface area contributed by atoms with Gasteiger partial charge in [-0.05, 0) is 50.4 Å². The molecule has 0 unspecified atom stereocenters. The van der Waals surface area contributed by atoms with E-state index < -0.39 is 0 Å². The fraction of sp³-hybridized carbons (Fsp3) is 0.550. The van der Waals surface area contributed by atoms with Crippen LogP contribution in [0.25, 0.3) is 0 Å². The average molecular weight is 344 g/mol. The maximum Gasteiger partial charge on any atom is 0.126 e. The van der Waals surface area contributed by atoms with Gasteiger partial charge in [-0.2, -0.15) is 5.10 Å². The molecule has 1 atom stereocenters. The highest BCUT2D eigenvalue weighted by atomic mass is 19.1. The highest BCUT2D eigenvalue weighted by Gasteiger charge is 2.21. The summed E-state index contributed by atoms with van der Waals surface area (Å²) >= 11 is 0. The largest absolute Gasteiger partial charge is 0.303 e. The van der Waals surface area contributed by atoms with Crippen molar-refractivity contribution in [1.29, 1.82) is 0 Å². The van der Waals surface area contributed by atoms with Crippen LogP contribution in [-0.4, -0.2) is 52.8 Å². The fourth-order valence-corrected chi connectivity index (χ4v) is 3.85. The lowest BCUT2D eigenvalue weighted by atomic mass is 9.97. The summed E-state index contributed by atoms with van der Waals surface area (Å²) in [6.07, 6.45) is 7.34. The lowest BCUT2D eigenvalue weighted by Gasteiger charge is -2.34. The Kier molecular flexibility index (Phi) is 6.21. The van der Waals surface area contributed by atoms with Gasteiger partial charge in [-0.15, -0.1) is 0 Å². The second-order valence-corrected chi connectivity index (χ2v) is 7.37. The zero-order valence-electron chi connectivity index (χ0n) is 15.4. The molecule has 5 heteroatoms. The molecule has 0 aliphatic carbocycles. The molecule has 2 aromatic rings. The van der Waals surface area contributed by atoms with E-state index in [9.17, 15) is 4.39 Å². The van der Waals surface area contributed by atoms with Crippen LogP contribution in [0.5, 0.6) is 0 Å². The molecule has 0 N–H and O–H groups in total. The highest BCUT2D eigenvalue weighted by molar-refractivity contribution is 5.17. The van der Waals surface area contributed by atoms with Crippen molar-refractivity contribution in [2.24, 2.45) is 13.0 Å². The first-order valence-electron chi connectivity index (χ1n) is 9.22. The second kappa shape index (κ2) is 8.59. The molecule has 136 valence electrons. The maximum atomic E-state index is 13.8. The molecule has 1 aliphatic heterocycles. The van der Waals surface area contributed by atoms with Crippen molar-refractivity contribution in [1.82, 2.24) is 19.6 Å². The zero-order valence-corrected chi connectivity index (χ0v) is 15.4. The lowest BCUT2D eigenvalue weighted by Crippen LogP contribution is -2.40. The van der Waals surface area contributed by atoms with Crippen molar-refractivity contribution in [2.75, 3.05) is 33.2 Å². The van der Waals surface area contributed by atoms with Crippen LogP contribution in [0.4, 0.5) is 4.39 Å². The molecule has 3 rings (SSSR count). The number of aryl methyl sites for hydroxylation is 1. The van der Waals surface area contributed by atoms with Crippen LogP contribution < -0.4 is 0 Å². The Bertz CT molecular complexity index is 669. The predicted molar refractivity (Wildman–Crippen MR) is 98.8 cm³/mol. The molecule has 0 bridgehead atoms. The van der Waals surface area contributed by atoms with E-state index in [1.54, 1.807) is 12.1 Å². The van der Waals surface area contributed by atoms with Crippen LogP contribution in [0.3, 0.4) is 0 Å². The van der Waals surface area contributed by atoms with E-state index in [1.165, 1.54) is 18.4 Å². The van der Waals surface area contributed by atoms with Crippen molar-refractivity contribution in [3.05, 3.63) is 53.6 Å². The molecule has 0 spiro atoms. The molecule has 1 saturated heterocycles. The summed E-state index contributed by atoms with van der Waals surface area (Å²) < 4.78 is 15.6. The van der Waals surface area contributed by atoms with Gasteiger partial charge < -0.3 is 9.80 Å². The summed E-state index contributed by atoms with van der Waals surface area (Å²) in [5.41, 5.74) is 2.09. The number of benzene rings is 1. The van der Waals surface area contributed by atoms with Crippen LogP contribution in [0.15, 0.2) is 36.7 Å². The molecule has 2 heterocycles. The number of piperidine rings is 1. The van der Waals surface area contributed by atoms with Crippen LogP contribution in [0, 0.1) is 11.7 Å². The predicted octanol–water partition coefficient (Wildman–Crippen LogP) is 2.95. The number of hydrogen-bond acceptors (Lipinski definition) is 3. The van der Waals surface area contributed by atoms with Crippen molar-refractivity contribution in [2.45, 2.75) is 25.8 Å². The van der Waals surface area contributed by atoms with Crippen LogP contribution >= 0.6 is 0 Å². The van der Waals surface area contributed by atoms with Gasteiger partial charge in [0.1, 0.15) is 5.82 Å². The summed E-state index contributed by atoms with van der Waals surface area (Å²) in [7, 11) is 4.14. The first-order chi connectivity index (χ1) is 12.1. The lowest BCUT2D eigenvalue weighted by molar-refractivity contribution is 0.142. The van der Waals surface area contributed by atoms with Crippen molar-refractivity contribution in [3.8, 4) is 0 Å². The smallest absolute Gasteiger partial charge is 0.126 e. The molecule has 1 aromatic carbocycles. The Morgan fingerprint density at radius 3 is 2.92 bits per heavy atom. The average Bonchev–Trinajstić information content (AvgIpc) is 2.99. The number of likely N-dealkylation sites (tertiary alicyclic amines) is 1.